The molecule has 0 atom stereocenters. The monoisotopic (exact) mass is 335 g/mol. The Balaban J connectivity index is 2.41. The van der Waals surface area contributed by atoms with E-state index in [0.29, 0.717) is 5.69 Å². The van der Waals surface area contributed by atoms with E-state index in [2.05, 4.69) is 9.71 Å². The second-order valence-electron chi connectivity index (χ2n) is 3.76. The Morgan fingerprint density at radius 2 is 1.90 bits per heavy atom. The van der Waals surface area contributed by atoms with E-state index in [-0.39, 0.29) is 10.8 Å². The van der Waals surface area contributed by atoms with Crippen LogP contribution >= 0.6 is 23.2 Å². The molecule has 0 aliphatic carbocycles. The van der Waals surface area contributed by atoms with Crippen LogP contribution in [0.15, 0.2) is 35.4 Å². The Morgan fingerprint density at radius 1 is 1.20 bits per heavy atom. The lowest BCUT2D eigenvalue weighted by atomic mass is 10.3. The standard InChI is InChI=1S/C11H8Cl2FN3O2S/c12-7-2-3-8(10(13)11(7)14)20(18,19)17-9-4-1-6(15)5-16-9/h1-5H,15H2,(H,16,17). The van der Waals surface area contributed by atoms with Crippen LogP contribution in [0.3, 0.4) is 0 Å². The highest BCUT2D eigenvalue weighted by Crippen LogP contribution is 2.30. The minimum Gasteiger partial charge on any atom is -0.397 e. The first-order valence-electron chi connectivity index (χ1n) is 5.19. The first kappa shape index (κ1) is 14.8. The maximum atomic E-state index is 13.5. The number of anilines is 2. The summed E-state index contributed by atoms with van der Waals surface area (Å²) in [7, 11) is -4.08. The molecule has 1 aromatic heterocycles. The third-order valence-electron chi connectivity index (χ3n) is 2.31. The van der Waals surface area contributed by atoms with E-state index in [0.717, 1.165) is 12.1 Å². The summed E-state index contributed by atoms with van der Waals surface area (Å²) in [5.41, 5.74) is 5.82. The molecule has 0 bridgehead atoms. The van der Waals surface area contributed by atoms with Crippen LogP contribution in [0, 0.1) is 5.82 Å². The maximum absolute atomic E-state index is 13.5. The zero-order valence-corrected chi connectivity index (χ0v) is 12.1. The van der Waals surface area contributed by atoms with Crippen molar-refractivity contribution in [2.45, 2.75) is 4.90 Å². The zero-order valence-electron chi connectivity index (χ0n) is 9.77. The molecular formula is C11H8Cl2FN3O2S. The Morgan fingerprint density at radius 3 is 2.50 bits per heavy atom. The van der Waals surface area contributed by atoms with Gasteiger partial charge in [0.05, 0.1) is 21.9 Å². The van der Waals surface area contributed by atoms with Gasteiger partial charge in [0.1, 0.15) is 10.7 Å². The first-order valence-corrected chi connectivity index (χ1v) is 7.43. The molecule has 0 amide bonds. The van der Waals surface area contributed by atoms with Crippen LogP contribution in [0.2, 0.25) is 10.0 Å². The summed E-state index contributed by atoms with van der Waals surface area (Å²) in [4.78, 5) is 3.35. The summed E-state index contributed by atoms with van der Waals surface area (Å²) in [5, 5.41) is -0.847. The summed E-state index contributed by atoms with van der Waals surface area (Å²) in [5.74, 6) is -0.966. The number of halogens is 3. The lowest BCUT2D eigenvalue weighted by molar-refractivity contribution is 0.595. The van der Waals surface area contributed by atoms with E-state index < -0.39 is 25.8 Å². The maximum Gasteiger partial charge on any atom is 0.264 e. The number of nitrogens with one attached hydrogen (secondary N) is 1. The molecule has 1 heterocycles. The highest BCUT2D eigenvalue weighted by atomic mass is 35.5. The molecule has 0 fully saturated rings. The topological polar surface area (TPSA) is 85.1 Å². The van der Waals surface area contributed by atoms with Crippen molar-refractivity contribution >= 4 is 44.7 Å². The lowest BCUT2D eigenvalue weighted by Gasteiger charge is -2.09. The smallest absolute Gasteiger partial charge is 0.264 e. The third-order valence-corrected chi connectivity index (χ3v) is 4.49. The van der Waals surface area contributed by atoms with Crippen LogP contribution in [-0.4, -0.2) is 13.4 Å². The van der Waals surface area contributed by atoms with Crippen molar-refractivity contribution in [1.82, 2.24) is 4.98 Å². The largest absolute Gasteiger partial charge is 0.397 e. The van der Waals surface area contributed by atoms with Gasteiger partial charge in [0.15, 0.2) is 5.82 Å². The molecule has 0 radical (unpaired) electrons. The molecule has 1 aromatic carbocycles. The van der Waals surface area contributed by atoms with Crippen molar-refractivity contribution in [1.29, 1.82) is 0 Å². The normalized spacial score (nSPS) is 11.3. The van der Waals surface area contributed by atoms with E-state index in [1.807, 2.05) is 0 Å². The second-order valence-corrected chi connectivity index (χ2v) is 6.19. The Kier molecular flexibility index (Phi) is 4.03. The number of nitrogens with zero attached hydrogens (tertiary/aromatic N) is 1. The van der Waals surface area contributed by atoms with Gasteiger partial charge in [-0.2, -0.15) is 0 Å². The fourth-order valence-electron chi connectivity index (χ4n) is 1.37. The molecule has 106 valence electrons. The molecule has 5 nitrogen and oxygen atoms in total. The van der Waals surface area contributed by atoms with Gasteiger partial charge in [0, 0.05) is 0 Å². The number of rotatable bonds is 3. The lowest BCUT2D eigenvalue weighted by Crippen LogP contribution is -2.15. The number of hydrogen-bond donors (Lipinski definition) is 2. The van der Waals surface area contributed by atoms with E-state index in [4.69, 9.17) is 28.9 Å². The molecule has 9 heteroatoms. The van der Waals surface area contributed by atoms with Crippen molar-refractivity contribution in [2.24, 2.45) is 0 Å². The van der Waals surface area contributed by atoms with Crippen molar-refractivity contribution in [2.75, 3.05) is 10.5 Å². The fourth-order valence-corrected chi connectivity index (χ4v) is 3.13. The van der Waals surface area contributed by atoms with Crippen LogP contribution in [0.1, 0.15) is 0 Å². The van der Waals surface area contributed by atoms with Crippen LogP contribution in [-0.2, 0) is 10.0 Å². The van der Waals surface area contributed by atoms with E-state index >= 15 is 0 Å². The van der Waals surface area contributed by atoms with Crippen LogP contribution in [0.25, 0.3) is 0 Å². The van der Waals surface area contributed by atoms with Gasteiger partial charge in [0.25, 0.3) is 10.0 Å². The molecule has 2 rings (SSSR count). The number of sulfonamides is 1. The van der Waals surface area contributed by atoms with Crippen LogP contribution in [0.5, 0.6) is 0 Å². The number of pyridine rings is 1. The zero-order chi connectivity index (χ0) is 14.9. The van der Waals surface area contributed by atoms with Crippen molar-refractivity contribution in [3.8, 4) is 0 Å². The van der Waals surface area contributed by atoms with Gasteiger partial charge in [-0.3, -0.25) is 4.72 Å². The number of aromatic nitrogens is 1. The van der Waals surface area contributed by atoms with E-state index in [1.54, 1.807) is 0 Å². The molecule has 0 saturated carbocycles. The van der Waals surface area contributed by atoms with E-state index in [9.17, 15) is 12.8 Å². The van der Waals surface area contributed by atoms with Gasteiger partial charge in [-0.15, -0.1) is 0 Å². The van der Waals surface area contributed by atoms with Crippen molar-refractivity contribution in [3.05, 3.63) is 46.3 Å². The average Bonchev–Trinajstić information content (AvgIpc) is 2.38. The van der Waals surface area contributed by atoms with Crippen LogP contribution in [0.4, 0.5) is 15.9 Å². The van der Waals surface area contributed by atoms with Gasteiger partial charge in [0.2, 0.25) is 0 Å². The summed E-state index contributed by atoms with van der Waals surface area (Å²) in [6.07, 6.45) is 1.28. The number of nitrogen functional groups attached to an aromatic ring is 1. The predicted octanol–water partition coefficient (Wildman–Crippen LogP) is 2.91. The Hall–Kier alpha value is -1.57. The molecule has 3 N–H and O–H groups in total. The molecule has 0 spiro atoms. The van der Waals surface area contributed by atoms with Gasteiger partial charge in [-0.05, 0) is 24.3 Å². The number of benzene rings is 1. The fraction of sp³-hybridized carbons (Fsp3) is 0. The van der Waals surface area contributed by atoms with Gasteiger partial charge >= 0.3 is 0 Å². The van der Waals surface area contributed by atoms with Gasteiger partial charge in [-0.1, -0.05) is 23.2 Å². The summed E-state index contributed by atoms with van der Waals surface area (Å²) in [6, 6.07) is 5.04. The highest BCUT2D eigenvalue weighted by Gasteiger charge is 2.22. The summed E-state index contributed by atoms with van der Waals surface area (Å²) < 4.78 is 39.9. The third kappa shape index (κ3) is 2.95. The minimum absolute atomic E-state index is 0.0330. The minimum atomic E-state index is -4.08. The summed E-state index contributed by atoms with van der Waals surface area (Å²) in [6.45, 7) is 0. The summed E-state index contributed by atoms with van der Waals surface area (Å²) >= 11 is 11.2. The molecular weight excluding hydrogens is 328 g/mol. The molecule has 2 aromatic rings. The van der Waals surface area contributed by atoms with Gasteiger partial charge in [-0.25, -0.2) is 17.8 Å². The molecule has 0 saturated heterocycles. The molecule has 0 aliphatic rings. The van der Waals surface area contributed by atoms with Crippen LogP contribution < -0.4 is 10.5 Å². The Bertz CT molecular complexity index is 751. The quantitative estimate of drug-likeness (QED) is 0.844. The predicted molar refractivity (Wildman–Crippen MR) is 75.9 cm³/mol. The van der Waals surface area contributed by atoms with Gasteiger partial charge < -0.3 is 5.73 Å². The van der Waals surface area contributed by atoms with E-state index in [1.165, 1.54) is 18.3 Å². The number of nitrogens with two attached hydrogens (primary N) is 1. The molecule has 20 heavy (non-hydrogen) atoms. The van der Waals surface area contributed by atoms with Crippen molar-refractivity contribution in [3.63, 3.8) is 0 Å². The SMILES string of the molecule is Nc1ccc(NS(=O)(=O)c2ccc(Cl)c(F)c2Cl)nc1. The molecule has 0 unspecified atom stereocenters. The average molecular weight is 336 g/mol. The molecule has 0 aliphatic heterocycles. The number of hydrogen-bond acceptors (Lipinski definition) is 4. The van der Waals surface area contributed by atoms with Crippen molar-refractivity contribution < 1.29 is 12.8 Å². The Labute approximate surface area is 124 Å². The first-order chi connectivity index (χ1) is 9.31. The highest BCUT2D eigenvalue weighted by molar-refractivity contribution is 7.92. The second kappa shape index (κ2) is 5.43.